The molecule has 0 saturated carbocycles. The molecule has 1 fully saturated rings. The zero-order chi connectivity index (χ0) is 12.4. The van der Waals surface area contributed by atoms with E-state index in [0.717, 1.165) is 31.1 Å². The number of aliphatic hydroxyl groups excluding tert-OH is 1. The van der Waals surface area contributed by atoms with E-state index >= 15 is 0 Å². The molecule has 0 amide bonds. The molecular weight excluding hydrogens is 217 g/mol. The molecule has 0 aromatic heterocycles. The minimum Gasteiger partial charge on any atom is -0.392 e. The van der Waals surface area contributed by atoms with E-state index in [1.54, 1.807) is 6.07 Å². The number of halogens is 1. The highest BCUT2D eigenvalue weighted by molar-refractivity contribution is 5.54. The molecule has 1 aromatic carbocycles. The molecule has 17 heavy (non-hydrogen) atoms. The van der Waals surface area contributed by atoms with Crippen molar-refractivity contribution < 1.29 is 9.50 Å². The van der Waals surface area contributed by atoms with Crippen LogP contribution in [-0.4, -0.2) is 18.2 Å². The molecular formula is C14H20FNO. The number of anilines is 1. The fourth-order valence-corrected chi connectivity index (χ4v) is 2.47. The summed E-state index contributed by atoms with van der Waals surface area (Å²) in [7, 11) is 0. The Balaban J connectivity index is 2.22. The Bertz CT molecular complexity index is 394. The minimum absolute atomic E-state index is 0.104. The van der Waals surface area contributed by atoms with Crippen LogP contribution in [0.2, 0.25) is 0 Å². The van der Waals surface area contributed by atoms with E-state index in [9.17, 15) is 9.50 Å². The molecule has 0 spiro atoms. The van der Waals surface area contributed by atoms with Crippen LogP contribution >= 0.6 is 0 Å². The summed E-state index contributed by atoms with van der Waals surface area (Å²) in [6.45, 7) is 6.40. The molecule has 1 aliphatic rings. The first-order chi connectivity index (χ1) is 8.11. The number of piperidine rings is 1. The van der Waals surface area contributed by atoms with Gasteiger partial charge < -0.3 is 10.0 Å². The molecule has 1 heterocycles. The van der Waals surface area contributed by atoms with Crippen LogP contribution in [0.5, 0.6) is 0 Å². The van der Waals surface area contributed by atoms with Gasteiger partial charge in [-0.05, 0) is 36.5 Å². The van der Waals surface area contributed by atoms with Gasteiger partial charge in [-0.15, -0.1) is 0 Å². The molecule has 2 nitrogen and oxygen atoms in total. The summed E-state index contributed by atoms with van der Waals surface area (Å²) >= 11 is 0. The van der Waals surface area contributed by atoms with Gasteiger partial charge in [-0.1, -0.05) is 13.8 Å². The molecule has 0 radical (unpaired) electrons. The molecule has 2 unspecified atom stereocenters. The van der Waals surface area contributed by atoms with Crippen molar-refractivity contribution in [1.29, 1.82) is 0 Å². The van der Waals surface area contributed by atoms with Crippen molar-refractivity contribution in [3.63, 3.8) is 0 Å². The lowest BCUT2D eigenvalue weighted by Gasteiger charge is -2.37. The molecule has 0 aliphatic carbocycles. The Hall–Kier alpha value is -1.09. The second kappa shape index (κ2) is 5.05. The minimum atomic E-state index is -0.281. The normalized spacial score (nSPS) is 25.1. The largest absolute Gasteiger partial charge is 0.392 e. The Kier molecular flexibility index (Phi) is 3.67. The summed E-state index contributed by atoms with van der Waals surface area (Å²) in [5, 5.41) is 9.30. The molecule has 1 aromatic rings. The highest BCUT2D eigenvalue weighted by atomic mass is 19.1. The van der Waals surface area contributed by atoms with Gasteiger partial charge in [-0.25, -0.2) is 4.39 Å². The van der Waals surface area contributed by atoms with Gasteiger partial charge in [0.1, 0.15) is 5.82 Å². The van der Waals surface area contributed by atoms with E-state index < -0.39 is 0 Å². The summed E-state index contributed by atoms with van der Waals surface area (Å²) in [5.74, 6) is 1.10. The topological polar surface area (TPSA) is 23.5 Å². The van der Waals surface area contributed by atoms with Crippen LogP contribution in [0.25, 0.3) is 0 Å². The summed E-state index contributed by atoms with van der Waals surface area (Å²) in [5.41, 5.74) is 1.67. The van der Waals surface area contributed by atoms with Gasteiger partial charge in [0.05, 0.1) is 6.61 Å². The van der Waals surface area contributed by atoms with Crippen molar-refractivity contribution in [2.75, 3.05) is 18.0 Å². The predicted molar refractivity (Wildman–Crippen MR) is 67.5 cm³/mol. The maximum Gasteiger partial charge on any atom is 0.123 e. The standard InChI is InChI=1S/C14H20FNO/c1-10-5-6-16(8-11(10)2)14-4-3-13(15)7-12(14)9-17/h3-4,7,10-11,17H,5-6,8-9H2,1-2H3. The van der Waals surface area contributed by atoms with Crippen LogP contribution in [-0.2, 0) is 6.61 Å². The van der Waals surface area contributed by atoms with Gasteiger partial charge >= 0.3 is 0 Å². The van der Waals surface area contributed by atoms with E-state index in [4.69, 9.17) is 0 Å². The van der Waals surface area contributed by atoms with Gasteiger partial charge in [-0.3, -0.25) is 0 Å². The SMILES string of the molecule is CC1CCN(c2ccc(F)cc2CO)CC1C. The molecule has 1 saturated heterocycles. The third-order valence-corrected chi connectivity index (χ3v) is 3.89. The van der Waals surface area contributed by atoms with Crippen molar-refractivity contribution in [1.82, 2.24) is 0 Å². The number of hydrogen-bond acceptors (Lipinski definition) is 2. The molecule has 94 valence electrons. The van der Waals surface area contributed by atoms with Gasteiger partial charge in [0.2, 0.25) is 0 Å². The van der Waals surface area contributed by atoms with Crippen LogP contribution in [0, 0.1) is 17.7 Å². The van der Waals surface area contributed by atoms with E-state index in [-0.39, 0.29) is 12.4 Å². The number of nitrogens with zero attached hydrogens (tertiary/aromatic N) is 1. The summed E-state index contributed by atoms with van der Waals surface area (Å²) in [6.07, 6.45) is 1.16. The number of benzene rings is 1. The van der Waals surface area contributed by atoms with Crippen molar-refractivity contribution in [3.8, 4) is 0 Å². The number of aliphatic hydroxyl groups is 1. The summed E-state index contributed by atoms with van der Waals surface area (Å²) in [4.78, 5) is 2.26. The van der Waals surface area contributed by atoms with Crippen molar-refractivity contribution in [2.24, 2.45) is 11.8 Å². The fraction of sp³-hybridized carbons (Fsp3) is 0.571. The van der Waals surface area contributed by atoms with Gasteiger partial charge in [0.15, 0.2) is 0 Å². The second-order valence-corrected chi connectivity index (χ2v) is 5.12. The van der Waals surface area contributed by atoms with Gasteiger partial charge in [0.25, 0.3) is 0 Å². The van der Waals surface area contributed by atoms with E-state index in [0.29, 0.717) is 11.5 Å². The van der Waals surface area contributed by atoms with E-state index in [1.165, 1.54) is 12.1 Å². The van der Waals surface area contributed by atoms with Gasteiger partial charge in [0, 0.05) is 24.3 Å². The maximum absolute atomic E-state index is 13.1. The molecule has 2 atom stereocenters. The Labute approximate surface area is 102 Å². The smallest absolute Gasteiger partial charge is 0.123 e. The van der Waals surface area contributed by atoms with E-state index in [1.807, 2.05) is 0 Å². The van der Waals surface area contributed by atoms with Crippen LogP contribution in [0.4, 0.5) is 10.1 Å². The van der Waals surface area contributed by atoms with E-state index in [2.05, 4.69) is 18.7 Å². The van der Waals surface area contributed by atoms with Gasteiger partial charge in [-0.2, -0.15) is 0 Å². The van der Waals surface area contributed by atoms with Crippen molar-refractivity contribution in [3.05, 3.63) is 29.6 Å². The van der Waals surface area contributed by atoms with Crippen molar-refractivity contribution >= 4 is 5.69 Å². The Morgan fingerprint density at radius 3 is 2.76 bits per heavy atom. The lowest BCUT2D eigenvalue weighted by Crippen LogP contribution is -2.38. The first-order valence-corrected chi connectivity index (χ1v) is 6.26. The molecule has 1 aliphatic heterocycles. The third kappa shape index (κ3) is 2.60. The fourth-order valence-electron chi connectivity index (χ4n) is 2.47. The van der Waals surface area contributed by atoms with Crippen LogP contribution < -0.4 is 4.90 Å². The first kappa shape index (κ1) is 12.4. The summed E-state index contributed by atoms with van der Waals surface area (Å²) in [6, 6.07) is 4.68. The lowest BCUT2D eigenvalue weighted by molar-refractivity contribution is 0.279. The molecule has 0 bridgehead atoms. The number of hydrogen-bond donors (Lipinski definition) is 1. The third-order valence-electron chi connectivity index (χ3n) is 3.89. The maximum atomic E-state index is 13.1. The molecule has 2 rings (SSSR count). The van der Waals surface area contributed by atoms with Crippen LogP contribution in [0.3, 0.4) is 0 Å². The summed E-state index contributed by atoms with van der Waals surface area (Å²) < 4.78 is 13.1. The molecule has 3 heteroatoms. The monoisotopic (exact) mass is 237 g/mol. The predicted octanol–water partition coefficient (Wildman–Crippen LogP) is 2.80. The first-order valence-electron chi connectivity index (χ1n) is 6.26. The van der Waals surface area contributed by atoms with Crippen LogP contribution in [0.15, 0.2) is 18.2 Å². The second-order valence-electron chi connectivity index (χ2n) is 5.12. The van der Waals surface area contributed by atoms with Crippen molar-refractivity contribution in [2.45, 2.75) is 26.9 Å². The average Bonchev–Trinajstić information content (AvgIpc) is 2.32. The quantitative estimate of drug-likeness (QED) is 0.855. The van der Waals surface area contributed by atoms with Crippen LogP contribution in [0.1, 0.15) is 25.8 Å². The Morgan fingerprint density at radius 2 is 2.12 bits per heavy atom. The average molecular weight is 237 g/mol. The highest BCUT2D eigenvalue weighted by Crippen LogP contribution is 2.29. The Morgan fingerprint density at radius 1 is 1.35 bits per heavy atom. The highest BCUT2D eigenvalue weighted by Gasteiger charge is 2.24. The zero-order valence-corrected chi connectivity index (χ0v) is 10.5. The molecule has 1 N–H and O–H groups in total. The zero-order valence-electron chi connectivity index (χ0n) is 10.5. The lowest BCUT2D eigenvalue weighted by atomic mass is 9.88. The number of rotatable bonds is 2.